The lowest BCUT2D eigenvalue weighted by Gasteiger charge is -2.24. The summed E-state index contributed by atoms with van der Waals surface area (Å²) in [4.78, 5) is 35.0. The molecular weight excluding hydrogens is 332 g/mol. The zero-order valence-electron chi connectivity index (χ0n) is 13.4. The van der Waals surface area contributed by atoms with Crippen LogP contribution in [0.15, 0.2) is 18.2 Å². The van der Waals surface area contributed by atoms with Gasteiger partial charge in [-0.15, -0.1) is 0 Å². The fourth-order valence-corrected chi connectivity index (χ4v) is 2.66. The standard InChI is InChI=1S/C15H20N4O4S/c1-8-13(20)18-11-7-9(3-4-12(11)23-8)17-14(21)10(5-6-24-2)19-15(16)22/h3-4,7-8,10H,5-6H2,1-2H3,(H,17,21)(H,18,20)(H3,16,19,22)/t8-,10-/m1/s1. The second kappa shape index (κ2) is 7.91. The highest BCUT2D eigenvalue weighted by Crippen LogP contribution is 2.32. The van der Waals surface area contributed by atoms with Crippen molar-refractivity contribution in [3.05, 3.63) is 18.2 Å². The highest BCUT2D eigenvalue weighted by atomic mass is 32.2. The summed E-state index contributed by atoms with van der Waals surface area (Å²) in [6.45, 7) is 1.65. The Morgan fingerprint density at radius 1 is 1.46 bits per heavy atom. The van der Waals surface area contributed by atoms with Crippen LogP contribution in [0, 0.1) is 0 Å². The van der Waals surface area contributed by atoms with Gasteiger partial charge in [0.1, 0.15) is 11.8 Å². The number of hydrogen-bond acceptors (Lipinski definition) is 5. The zero-order chi connectivity index (χ0) is 17.7. The number of rotatable bonds is 6. The Bertz CT molecular complexity index is 652. The quantitative estimate of drug-likeness (QED) is 0.611. The molecule has 2 atom stereocenters. The van der Waals surface area contributed by atoms with E-state index in [0.29, 0.717) is 29.3 Å². The maximum absolute atomic E-state index is 12.3. The van der Waals surface area contributed by atoms with Crippen molar-refractivity contribution >= 4 is 41.0 Å². The third-order valence-electron chi connectivity index (χ3n) is 3.42. The summed E-state index contributed by atoms with van der Waals surface area (Å²) in [7, 11) is 0. The van der Waals surface area contributed by atoms with Crippen LogP contribution < -0.4 is 26.4 Å². The van der Waals surface area contributed by atoms with Gasteiger partial charge < -0.3 is 26.4 Å². The SMILES string of the molecule is CSCC[C@@H](NC(N)=O)C(=O)Nc1ccc2c(c1)NC(=O)[C@@H](C)O2. The lowest BCUT2D eigenvalue weighted by atomic mass is 10.1. The normalized spacial score (nSPS) is 17.1. The molecule has 1 aromatic rings. The Balaban J connectivity index is 2.08. The van der Waals surface area contributed by atoms with E-state index in [9.17, 15) is 14.4 Å². The number of urea groups is 1. The van der Waals surface area contributed by atoms with Crippen LogP contribution in [0.5, 0.6) is 5.75 Å². The van der Waals surface area contributed by atoms with E-state index >= 15 is 0 Å². The molecule has 1 heterocycles. The molecule has 0 radical (unpaired) electrons. The third-order valence-corrected chi connectivity index (χ3v) is 4.07. The average Bonchev–Trinajstić information content (AvgIpc) is 2.52. The molecule has 0 aliphatic carbocycles. The largest absolute Gasteiger partial charge is 0.479 e. The number of benzene rings is 1. The summed E-state index contributed by atoms with van der Waals surface area (Å²) in [6, 6.07) is 3.46. The minimum absolute atomic E-state index is 0.251. The summed E-state index contributed by atoms with van der Waals surface area (Å²) in [5, 5.41) is 7.85. The van der Waals surface area contributed by atoms with Crippen molar-refractivity contribution < 1.29 is 19.1 Å². The molecule has 8 nitrogen and oxygen atoms in total. The van der Waals surface area contributed by atoms with E-state index in [2.05, 4.69) is 16.0 Å². The summed E-state index contributed by atoms with van der Waals surface area (Å²) in [6.07, 6.45) is 1.80. The van der Waals surface area contributed by atoms with Gasteiger partial charge in [0.25, 0.3) is 5.91 Å². The molecule has 1 aliphatic heterocycles. The Kier molecular flexibility index (Phi) is 5.91. The molecule has 0 spiro atoms. The molecule has 0 bridgehead atoms. The van der Waals surface area contributed by atoms with E-state index in [-0.39, 0.29) is 11.8 Å². The van der Waals surface area contributed by atoms with Crippen LogP contribution in [-0.4, -0.2) is 42.0 Å². The molecule has 0 aromatic heterocycles. The topological polar surface area (TPSA) is 123 Å². The number of anilines is 2. The number of carbonyl (C=O) groups excluding carboxylic acids is 3. The second-order valence-corrected chi connectivity index (χ2v) is 6.28. The Hall–Kier alpha value is -2.42. The van der Waals surface area contributed by atoms with Crippen molar-refractivity contribution in [1.29, 1.82) is 0 Å². The Labute approximate surface area is 143 Å². The van der Waals surface area contributed by atoms with Gasteiger partial charge in [0.15, 0.2) is 6.10 Å². The number of primary amides is 1. The zero-order valence-corrected chi connectivity index (χ0v) is 14.2. The lowest BCUT2D eigenvalue weighted by molar-refractivity contribution is -0.122. The maximum atomic E-state index is 12.3. The van der Waals surface area contributed by atoms with Gasteiger partial charge in [-0.05, 0) is 43.6 Å². The van der Waals surface area contributed by atoms with Crippen molar-refractivity contribution in [2.75, 3.05) is 22.6 Å². The fraction of sp³-hybridized carbons (Fsp3) is 0.400. The van der Waals surface area contributed by atoms with Gasteiger partial charge in [-0.3, -0.25) is 9.59 Å². The minimum atomic E-state index is -0.753. The molecule has 5 N–H and O–H groups in total. The van der Waals surface area contributed by atoms with Crippen LogP contribution in [0.1, 0.15) is 13.3 Å². The van der Waals surface area contributed by atoms with E-state index in [4.69, 9.17) is 10.5 Å². The molecule has 0 saturated heterocycles. The first-order chi connectivity index (χ1) is 11.4. The number of nitrogens with one attached hydrogen (secondary N) is 3. The van der Waals surface area contributed by atoms with Crippen molar-refractivity contribution in [2.24, 2.45) is 5.73 Å². The number of nitrogens with two attached hydrogens (primary N) is 1. The van der Waals surface area contributed by atoms with E-state index in [1.807, 2.05) is 6.26 Å². The summed E-state index contributed by atoms with van der Waals surface area (Å²) < 4.78 is 5.46. The van der Waals surface area contributed by atoms with Crippen LogP contribution in [0.3, 0.4) is 0 Å². The van der Waals surface area contributed by atoms with E-state index in [1.54, 1.807) is 36.9 Å². The Morgan fingerprint density at radius 3 is 2.88 bits per heavy atom. The Morgan fingerprint density at radius 2 is 2.21 bits per heavy atom. The lowest BCUT2D eigenvalue weighted by Crippen LogP contribution is -2.46. The second-order valence-electron chi connectivity index (χ2n) is 5.29. The minimum Gasteiger partial charge on any atom is -0.479 e. The molecule has 9 heteroatoms. The predicted octanol–water partition coefficient (Wildman–Crippen LogP) is 1.13. The molecule has 0 saturated carbocycles. The average molecular weight is 352 g/mol. The van der Waals surface area contributed by atoms with Crippen LogP contribution in [0.25, 0.3) is 0 Å². The van der Waals surface area contributed by atoms with Crippen LogP contribution in [-0.2, 0) is 9.59 Å². The number of ether oxygens (including phenoxy) is 1. The van der Waals surface area contributed by atoms with E-state index in [0.717, 1.165) is 0 Å². The molecule has 130 valence electrons. The first kappa shape index (κ1) is 17.9. The number of fused-ring (bicyclic) bond motifs is 1. The molecular formula is C15H20N4O4S. The summed E-state index contributed by atoms with van der Waals surface area (Å²) >= 11 is 1.56. The van der Waals surface area contributed by atoms with Gasteiger partial charge in [-0.1, -0.05) is 0 Å². The number of carbonyl (C=O) groups is 3. The number of amides is 4. The molecule has 0 fully saturated rings. The number of thioether (sulfide) groups is 1. The van der Waals surface area contributed by atoms with Gasteiger partial charge in [0.2, 0.25) is 5.91 Å². The van der Waals surface area contributed by atoms with Crippen molar-refractivity contribution in [3.63, 3.8) is 0 Å². The van der Waals surface area contributed by atoms with E-state index in [1.165, 1.54) is 0 Å². The molecule has 2 rings (SSSR count). The summed E-state index contributed by atoms with van der Waals surface area (Å²) in [5.41, 5.74) is 6.08. The first-order valence-corrected chi connectivity index (χ1v) is 8.77. The van der Waals surface area contributed by atoms with Crippen LogP contribution in [0.4, 0.5) is 16.2 Å². The van der Waals surface area contributed by atoms with Gasteiger partial charge in [0, 0.05) is 5.69 Å². The van der Waals surface area contributed by atoms with Crippen LogP contribution >= 0.6 is 11.8 Å². The van der Waals surface area contributed by atoms with Gasteiger partial charge >= 0.3 is 6.03 Å². The van der Waals surface area contributed by atoms with Crippen molar-refractivity contribution in [2.45, 2.75) is 25.5 Å². The first-order valence-electron chi connectivity index (χ1n) is 7.38. The third kappa shape index (κ3) is 4.54. The molecule has 4 amide bonds. The van der Waals surface area contributed by atoms with Crippen molar-refractivity contribution in [3.8, 4) is 5.75 Å². The molecule has 1 aromatic carbocycles. The van der Waals surface area contributed by atoms with Gasteiger partial charge in [-0.25, -0.2) is 4.79 Å². The summed E-state index contributed by atoms with van der Waals surface area (Å²) in [5.74, 6) is 0.609. The highest BCUT2D eigenvalue weighted by Gasteiger charge is 2.24. The molecule has 24 heavy (non-hydrogen) atoms. The predicted molar refractivity (Wildman–Crippen MR) is 93.3 cm³/mol. The van der Waals surface area contributed by atoms with Gasteiger partial charge in [0.05, 0.1) is 5.69 Å². The maximum Gasteiger partial charge on any atom is 0.312 e. The van der Waals surface area contributed by atoms with Crippen LogP contribution in [0.2, 0.25) is 0 Å². The van der Waals surface area contributed by atoms with Gasteiger partial charge in [-0.2, -0.15) is 11.8 Å². The molecule has 1 aliphatic rings. The van der Waals surface area contributed by atoms with E-state index < -0.39 is 18.2 Å². The molecule has 0 unspecified atom stereocenters. The number of hydrogen-bond donors (Lipinski definition) is 4. The van der Waals surface area contributed by atoms with Crippen molar-refractivity contribution in [1.82, 2.24) is 5.32 Å². The highest BCUT2D eigenvalue weighted by molar-refractivity contribution is 7.98. The fourth-order valence-electron chi connectivity index (χ4n) is 2.19. The monoisotopic (exact) mass is 352 g/mol. The smallest absolute Gasteiger partial charge is 0.312 e.